The summed E-state index contributed by atoms with van der Waals surface area (Å²) in [6.07, 6.45) is 4.79. The number of nitrogens with zero attached hydrogens (tertiary/aromatic N) is 5. The SMILES string of the molecule is N#Cc1ccc(Sc2nnnn2C2CCCC2)cc1Br. The summed E-state index contributed by atoms with van der Waals surface area (Å²) in [6, 6.07) is 8.21. The van der Waals surface area contributed by atoms with E-state index in [1.807, 2.05) is 16.8 Å². The summed E-state index contributed by atoms with van der Waals surface area (Å²) in [7, 11) is 0. The van der Waals surface area contributed by atoms with Crippen molar-refractivity contribution in [3.8, 4) is 6.07 Å². The van der Waals surface area contributed by atoms with Crippen molar-refractivity contribution in [3.05, 3.63) is 28.2 Å². The van der Waals surface area contributed by atoms with E-state index >= 15 is 0 Å². The lowest BCUT2D eigenvalue weighted by molar-refractivity contribution is 0.423. The average molecular weight is 350 g/mol. The van der Waals surface area contributed by atoms with Crippen molar-refractivity contribution in [1.29, 1.82) is 5.26 Å². The van der Waals surface area contributed by atoms with Crippen LogP contribution in [-0.2, 0) is 0 Å². The molecule has 1 aromatic carbocycles. The van der Waals surface area contributed by atoms with E-state index in [0.29, 0.717) is 11.6 Å². The minimum Gasteiger partial charge on any atom is -0.217 e. The summed E-state index contributed by atoms with van der Waals surface area (Å²) in [6.45, 7) is 0. The Morgan fingerprint density at radius 3 is 2.85 bits per heavy atom. The van der Waals surface area contributed by atoms with E-state index < -0.39 is 0 Å². The highest BCUT2D eigenvalue weighted by Crippen LogP contribution is 2.34. The highest BCUT2D eigenvalue weighted by atomic mass is 79.9. The van der Waals surface area contributed by atoms with Crippen LogP contribution in [0.2, 0.25) is 0 Å². The lowest BCUT2D eigenvalue weighted by atomic mass is 10.2. The van der Waals surface area contributed by atoms with Crippen LogP contribution in [0.4, 0.5) is 0 Å². The standard InChI is InChI=1S/C13H12BrN5S/c14-12-7-11(6-5-9(12)8-15)20-13-16-17-18-19(13)10-3-1-2-4-10/h5-7,10H,1-4H2. The molecule has 2 aromatic rings. The van der Waals surface area contributed by atoms with Crippen LogP contribution in [0.15, 0.2) is 32.7 Å². The zero-order valence-electron chi connectivity index (χ0n) is 10.7. The lowest BCUT2D eigenvalue weighted by Crippen LogP contribution is -2.08. The fourth-order valence-corrected chi connectivity index (χ4v) is 3.89. The van der Waals surface area contributed by atoms with Crippen molar-refractivity contribution in [2.75, 3.05) is 0 Å². The van der Waals surface area contributed by atoms with Crippen LogP contribution in [0.1, 0.15) is 37.3 Å². The Kier molecular flexibility index (Phi) is 4.03. The van der Waals surface area contributed by atoms with Gasteiger partial charge in [-0.1, -0.05) is 12.8 Å². The quantitative estimate of drug-likeness (QED) is 0.847. The number of aromatic nitrogens is 4. The third-order valence-corrected chi connectivity index (χ3v) is 5.00. The molecular weight excluding hydrogens is 338 g/mol. The molecule has 1 aromatic heterocycles. The smallest absolute Gasteiger partial charge is 0.214 e. The maximum absolute atomic E-state index is 8.93. The molecule has 1 saturated carbocycles. The largest absolute Gasteiger partial charge is 0.217 e. The molecule has 0 spiro atoms. The maximum Gasteiger partial charge on any atom is 0.214 e. The minimum absolute atomic E-state index is 0.425. The van der Waals surface area contributed by atoms with Crippen molar-refractivity contribution in [2.45, 2.75) is 41.8 Å². The Morgan fingerprint density at radius 1 is 1.35 bits per heavy atom. The zero-order chi connectivity index (χ0) is 13.9. The van der Waals surface area contributed by atoms with E-state index in [0.717, 1.165) is 27.4 Å². The predicted octanol–water partition coefficient (Wildman–Crippen LogP) is 3.57. The van der Waals surface area contributed by atoms with E-state index in [-0.39, 0.29) is 0 Å². The van der Waals surface area contributed by atoms with E-state index in [9.17, 15) is 0 Å². The van der Waals surface area contributed by atoms with Crippen molar-refractivity contribution in [1.82, 2.24) is 20.2 Å². The fourth-order valence-electron chi connectivity index (χ4n) is 2.39. The normalized spacial score (nSPS) is 15.4. The molecule has 5 nitrogen and oxygen atoms in total. The Hall–Kier alpha value is -1.39. The molecule has 1 fully saturated rings. The number of tetrazole rings is 1. The maximum atomic E-state index is 8.93. The summed E-state index contributed by atoms with van der Waals surface area (Å²) in [5.74, 6) is 0. The second-order valence-corrected chi connectivity index (χ2v) is 6.59. The summed E-state index contributed by atoms with van der Waals surface area (Å²) in [5.41, 5.74) is 0.629. The molecule has 7 heteroatoms. The molecule has 0 saturated heterocycles. The molecule has 0 aliphatic heterocycles. The number of hydrogen-bond donors (Lipinski definition) is 0. The molecule has 1 aliphatic rings. The zero-order valence-corrected chi connectivity index (χ0v) is 13.1. The van der Waals surface area contributed by atoms with Crippen LogP contribution < -0.4 is 0 Å². The molecule has 0 radical (unpaired) electrons. The number of nitriles is 1. The van der Waals surface area contributed by atoms with Gasteiger partial charge in [-0.05, 0) is 69.2 Å². The predicted molar refractivity (Wildman–Crippen MR) is 78.3 cm³/mol. The van der Waals surface area contributed by atoms with Gasteiger partial charge in [0.1, 0.15) is 6.07 Å². The number of rotatable bonds is 3. The van der Waals surface area contributed by atoms with Crippen molar-refractivity contribution >= 4 is 27.7 Å². The van der Waals surface area contributed by atoms with Crippen molar-refractivity contribution in [3.63, 3.8) is 0 Å². The van der Waals surface area contributed by atoms with Gasteiger partial charge < -0.3 is 0 Å². The Balaban J connectivity index is 1.83. The van der Waals surface area contributed by atoms with Crippen molar-refractivity contribution < 1.29 is 0 Å². The first-order valence-corrected chi connectivity index (χ1v) is 8.04. The van der Waals surface area contributed by atoms with Crippen molar-refractivity contribution in [2.24, 2.45) is 0 Å². The van der Waals surface area contributed by atoms with Gasteiger partial charge in [0, 0.05) is 9.37 Å². The van der Waals surface area contributed by atoms with Gasteiger partial charge in [-0.3, -0.25) is 0 Å². The van der Waals surface area contributed by atoms with Gasteiger partial charge in [-0.25, -0.2) is 4.68 Å². The highest BCUT2D eigenvalue weighted by Gasteiger charge is 2.21. The number of halogens is 1. The Bertz CT molecular complexity index is 657. The van der Waals surface area contributed by atoms with Gasteiger partial charge in [-0.2, -0.15) is 5.26 Å². The topological polar surface area (TPSA) is 67.4 Å². The van der Waals surface area contributed by atoms with Gasteiger partial charge in [0.15, 0.2) is 0 Å². The van der Waals surface area contributed by atoms with Crippen LogP contribution in [0.3, 0.4) is 0 Å². The van der Waals surface area contributed by atoms with Gasteiger partial charge >= 0.3 is 0 Å². The summed E-state index contributed by atoms with van der Waals surface area (Å²) >= 11 is 4.93. The molecule has 0 atom stereocenters. The Labute approximate surface area is 129 Å². The van der Waals surface area contributed by atoms with Crippen LogP contribution in [0, 0.1) is 11.3 Å². The highest BCUT2D eigenvalue weighted by molar-refractivity contribution is 9.10. The first-order chi connectivity index (χ1) is 9.78. The molecule has 20 heavy (non-hydrogen) atoms. The van der Waals surface area contributed by atoms with E-state index in [4.69, 9.17) is 5.26 Å². The van der Waals surface area contributed by atoms with E-state index in [1.165, 1.54) is 24.6 Å². The van der Waals surface area contributed by atoms with Crippen LogP contribution >= 0.6 is 27.7 Å². The number of hydrogen-bond acceptors (Lipinski definition) is 5. The monoisotopic (exact) mass is 349 g/mol. The average Bonchev–Trinajstić information content (AvgIpc) is 3.09. The van der Waals surface area contributed by atoms with E-state index in [1.54, 1.807) is 6.07 Å². The molecule has 0 unspecified atom stereocenters. The fraction of sp³-hybridized carbons (Fsp3) is 0.385. The molecular formula is C13H12BrN5S. The first kappa shape index (κ1) is 13.6. The van der Waals surface area contributed by atoms with Crippen LogP contribution in [-0.4, -0.2) is 20.2 Å². The van der Waals surface area contributed by atoms with Gasteiger partial charge in [0.2, 0.25) is 5.16 Å². The molecule has 3 rings (SSSR count). The van der Waals surface area contributed by atoms with Gasteiger partial charge in [-0.15, -0.1) is 5.10 Å². The summed E-state index contributed by atoms with van der Waals surface area (Å²) in [5, 5.41) is 21.8. The van der Waals surface area contributed by atoms with Gasteiger partial charge in [0.05, 0.1) is 11.6 Å². The first-order valence-electron chi connectivity index (χ1n) is 6.43. The summed E-state index contributed by atoms with van der Waals surface area (Å²) < 4.78 is 2.73. The lowest BCUT2D eigenvalue weighted by Gasteiger charge is -2.10. The molecule has 0 bridgehead atoms. The molecule has 102 valence electrons. The second-order valence-electron chi connectivity index (χ2n) is 4.70. The molecule has 1 aliphatic carbocycles. The van der Waals surface area contributed by atoms with Crippen LogP contribution in [0.25, 0.3) is 0 Å². The summed E-state index contributed by atoms with van der Waals surface area (Å²) in [4.78, 5) is 1.02. The van der Waals surface area contributed by atoms with Crippen LogP contribution in [0.5, 0.6) is 0 Å². The molecule has 0 N–H and O–H groups in total. The van der Waals surface area contributed by atoms with E-state index in [2.05, 4.69) is 37.5 Å². The Morgan fingerprint density at radius 2 is 2.15 bits per heavy atom. The third kappa shape index (κ3) is 2.72. The second kappa shape index (κ2) is 5.94. The minimum atomic E-state index is 0.425. The third-order valence-electron chi connectivity index (χ3n) is 3.40. The molecule has 1 heterocycles. The van der Waals surface area contributed by atoms with Gasteiger partial charge in [0.25, 0.3) is 0 Å². The molecule has 0 amide bonds. The number of benzene rings is 1.